The average Bonchev–Trinajstić information content (AvgIpc) is 3.16. The molecule has 136 valence electrons. The molecule has 1 aromatic carbocycles. The van der Waals surface area contributed by atoms with Crippen molar-refractivity contribution in [1.82, 2.24) is 9.78 Å². The average molecular weight is 412 g/mol. The summed E-state index contributed by atoms with van der Waals surface area (Å²) in [6, 6.07) is 4.91. The summed E-state index contributed by atoms with van der Waals surface area (Å²) in [5.74, 6) is -0.0696. The lowest BCUT2D eigenvalue weighted by Crippen LogP contribution is -2.12. The SMILES string of the molecule is Cc1nn([C@H]2CCS(=O)(=O)C2)c(Cl)c1/C=C1\C(=O)Nc2cc(Cl)ccc21. The summed E-state index contributed by atoms with van der Waals surface area (Å²) in [4.78, 5) is 12.3. The van der Waals surface area contributed by atoms with Crippen molar-refractivity contribution in [3.63, 3.8) is 0 Å². The topological polar surface area (TPSA) is 81.1 Å². The van der Waals surface area contributed by atoms with Crippen LogP contribution in [0, 0.1) is 6.92 Å². The number of fused-ring (bicyclic) bond motifs is 1. The Kier molecular flexibility index (Phi) is 4.13. The number of rotatable bonds is 2. The van der Waals surface area contributed by atoms with Gasteiger partial charge in [-0.05, 0) is 31.6 Å². The molecule has 0 saturated carbocycles. The number of carbonyl (C=O) groups is 1. The van der Waals surface area contributed by atoms with Gasteiger partial charge >= 0.3 is 0 Å². The molecule has 1 saturated heterocycles. The maximum atomic E-state index is 12.3. The van der Waals surface area contributed by atoms with Crippen LogP contribution < -0.4 is 5.32 Å². The molecule has 0 spiro atoms. The van der Waals surface area contributed by atoms with Crippen LogP contribution in [0.2, 0.25) is 10.2 Å². The number of benzene rings is 1. The molecule has 9 heteroatoms. The first kappa shape index (κ1) is 17.6. The van der Waals surface area contributed by atoms with E-state index in [1.165, 1.54) is 0 Å². The number of amides is 1. The number of hydrogen-bond donors (Lipinski definition) is 1. The van der Waals surface area contributed by atoms with Crippen LogP contribution in [-0.4, -0.2) is 35.6 Å². The second kappa shape index (κ2) is 6.11. The van der Waals surface area contributed by atoms with Gasteiger partial charge in [-0.1, -0.05) is 29.3 Å². The van der Waals surface area contributed by atoms with Gasteiger partial charge in [-0.3, -0.25) is 4.79 Å². The van der Waals surface area contributed by atoms with Crippen molar-refractivity contribution in [3.05, 3.63) is 45.2 Å². The summed E-state index contributed by atoms with van der Waals surface area (Å²) in [5.41, 5.74) is 3.12. The number of anilines is 1. The number of aromatic nitrogens is 2. The molecule has 0 unspecified atom stereocenters. The number of halogens is 2. The Morgan fingerprint density at radius 3 is 2.81 bits per heavy atom. The van der Waals surface area contributed by atoms with Crippen LogP contribution in [-0.2, 0) is 14.6 Å². The van der Waals surface area contributed by atoms with Crippen LogP contribution in [0.4, 0.5) is 5.69 Å². The van der Waals surface area contributed by atoms with Crippen molar-refractivity contribution in [2.75, 3.05) is 16.8 Å². The lowest BCUT2D eigenvalue weighted by atomic mass is 10.0. The molecule has 0 bridgehead atoms. The third-order valence-electron chi connectivity index (χ3n) is 4.68. The summed E-state index contributed by atoms with van der Waals surface area (Å²) in [7, 11) is -3.05. The molecular formula is C17H15Cl2N3O3S. The van der Waals surface area contributed by atoms with Gasteiger partial charge in [-0.25, -0.2) is 13.1 Å². The zero-order chi connectivity index (χ0) is 18.6. The van der Waals surface area contributed by atoms with E-state index in [2.05, 4.69) is 10.4 Å². The molecule has 2 aromatic rings. The van der Waals surface area contributed by atoms with Gasteiger partial charge in [0.2, 0.25) is 0 Å². The van der Waals surface area contributed by atoms with Crippen LogP contribution in [0.15, 0.2) is 18.2 Å². The summed E-state index contributed by atoms with van der Waals surface area (Å²) < 4.78 is 25.0. The number of carbonyl (C=O) groups excluding carboxylic acids is 1. The van der Waals surface area contributed by atoms with Gasteiger partial charge in [0.15, 0.2) is 9.84 Å². The molecule has 2 aliphatic heterocycles. The Morgan fingerprint density at radius 2 is 2.12 bits per heavy atom. The van der Waals surface area contributed by atoms with Crippen molar-refractivity contribution in [2.45, 2.75) is 19.4 Å². The minimum absolute atomic E-state index is 0.0334. The Balaban J connectivity index is 1.76. The standard InChI is InChI=1S/C17H15Cl2N3O3S/c1-9-13(16(19)22(21-9)11-4-5-26(24,25)8-11)7-14-12-3-2-10(18)6-15(12)20-17(14)23/h2-3,6-7,11H,4-5,8H2,1H3,(H,20,23)/b14-7-/t11-/m0/s1. The zero-order valence-electron chi connectivity index (χ0n) is 13.8. The van der Waals surface area contributed by atoms with Crippen LogP contribution in [0.1, 0.15) is 29.3 Å². The molecule has 1 amide bonds. The van der Waals surface area contributed by atoms with E-state index in [4.69, 9.17) is 23.2 Å². The molecule has 26 heavy (non-hydrogen) atoms. The van der Waals surface area contributed by atoms with Crippen molar-refractivity contribution in [3.8, 4) is 0 Å². The van der Waals surface area contributed by atoms with Crippen molar-refractivity contribution in [2.24, 2.45) is 0 Å². The fourth-order valence-corrected chi connectivity index (χ4v) is 5.59. The van der Waals surface area contributed by atoms with E-state index in [1.807, 2.05) is 0 Å². The van der Waals surface area contributed by atoms with Gasteiger partial charge in [-0.15, -0.1) is 0 Å². The number of sulfone groups is 1. The molecule has 1 fully saturated rings. The fraction of sp³-hybridized carbons (Fsp3) is 0.294. The van der Waals surface area contributed by atoms with E-state index in [0.29, 0.717) is 39.1 Å². The molecule has 1 atom stereocenters. The summed E-state index contributed by atoms with van der Waals surface area (Å²) in [5, 5.41) is 8.07. The molecule has 4 rings (SSSR count). The Bertz CT molecular complexity index is 1070. The van der Waals surface area contributed by atoms with E-state index < -0.39 is 9.84 Å². The Labute approximate surface area is 160 Å². The highest BCUT2D eigenvalue weighted by atomic mass is 35.5. The number of nitrogens with one attached hydrogen (secondary N) is 1. The lowest BCUT2D eigenvalue weighted by Gasteiger charge is -2.09. The summed E-state index contributed by atoms with van der Waals surface area (Å²) in [6.07, 6.45) is 2.18. The third-order valence-corrected chi connectivity index (χ3v) is 7.04. The molecule has 2 aliphatic rings. The summed E-state index contributed by atoms with van der Waals surface area (Å²) >= 11 is 12.5. The molecule has 1 N–H and O–H groups in total. The normalized spacial score (nSPS) is 22.7. The fourth-order valence-electron chi connectivity index (χ4n) is 3.36. The predicted molar refractivity (Wildman–Crippen MR) is 102 cm³/mol. The molecule has 3 heterocycles. The Hall–Kier alpha value is -1.83. The third kappa shape index (κ3) is 2.94. The van der Waals surface area contributed by atoms with Gasteiger partial charge in [0.05, 0.1) is 28.9 Å². The molecule has 0 radical (unpaired) electrons. The van der Waals surface area contributed by atoms with Crippen molar-refractivity contribution >= 4 is 56.3 Å². The number of aryl methyl sites for hydroxylation is 1. The molecule has 0 aliphatic carbocycles. The van der Waals surface area contributed by atoms with Gasteiger partial charge in [0.1, 0.15) is 5.15 Å². The zero-order valence-corrected chi connectivity index (χ0v) is 16.1. The quantitative estimate of drug-likeness (QED) is 0.768. The van der Waals surface area contributed by atoms with Gasteiger partial charge in [-0.2, -0.15) is 5.10 Å². The van der Waals surface area contributed by atoms with Crippen molar-refractivity contribution in [1.29, 1.82) is 0 Å². The van der Waals surface area contributed by atoms with E-state index >= 15 is 0 Å². The molecular weight excluding hydrogens is 397 g/mol. The van der Waals surface area contributed by atoms with Crippen LogP contribution >= 0.6 is 23.2 Å². The summed E-state index contributed by atoms with van der Waals surface area (Å²) in [6.45, 7) is 1.79. The van der Waals surface area contributed by atoms with Gasteiger partial charge in [0.25, 0.3) is 5.91 Å². The maximum Gasteiger partial charge on any atom is 0.256 e. The predicted octanol–water partition coefficient (Wildman–Crippen LogP) is 3.35. The number of hydrogen-bond acceptors (Lipinski definition) is 4. The first-order valence-corrected chi connectivity index (χ1v) is 10.6. The second-order valence-electron chi connectivity index (χ2n) is 6.49. The molecule has 6 nitrogen and oxygen atoms in total. The lowest BCUT2D eigenvalue weighted by molar-refractivity contribution is -0.110. The second-order valence-corrected chi connectivity index (χ2v) is 9.52. The largest absolute Gasteiger partial charge is 0.321 e. The smallest absolute Gasteiger partial charge is 0.256 e. The van der Waals surface area contributed by atoms with Gasteiger partial charge < -0.3 is 5.32 Å². The monoisotopic (exact) mass is 411 g/mol. The minimum atomic E-state index is -3.05. The highest BCUT2D eigenvalue weighted by Gasteiger charge is 2.32. The minimum Gasteiger partial charge on any atom is -0.321 e. The van der Waals surface area contributed by atoms with Gasteiger partial charge in [0, 0.05) is 21.7 Å². The van der Waals surface area contributed by atoms with E-state index in [-0.39, 0.29) is 23.5 Å². The van der Waals surface area contributed by atoms with Crippen LogP contribution in [0.25, 0.3) is 11.6 Å². The number of nitrogens with zero attached hydrogens (tertiary/aromatic N) is 2. The molecule has 1 aromatic heterocycles. The van der Waals surface area contributed by atoms with Crippen LogP contribution in [0.5, 0.6) is 0 Å². The van der Waals surface area contributed by atoms with Crippen molar-refractivity contribution < 1.29 is 13.2 Å². The van der Waals surface area contributed by atoms with E-state index in [1.54, 1.807) is 35.9 Å². The highest BCUT2D eigenvalue weighted by molar-refractivity contribution is 7.91. The van der Waals surface area contributed by atoms with Crippen LogP contribution in [0.3, 0.4) is 0 Å². The first-order valence-electron chi connectivity index (χ1n) is 8.03. The highest BCUT2D eigenvalue weighted by Crippen LogP contribution is 2.37. The first-order chi connectivity index (χ1) is 12.2. The van der Waals surface area contributed by atoms with E-state index in [0.717, 1.165) is 5.56 Å². The maximum absolute atomic E-state index is 12.3. The van der Waals surface area contributed by atoms with E-state index in [9.17, 15) is 13.2 Å². The Morgan fingerprint density at radius 1 is 1.35 bits per heavy atom.